The molecule has 16 bridgehead atoms. The van der Waals surface area contributed by atoms with Gasteiger partial charge in [-0.25, -0.2) is 16.8 Å². The molecule has 0 aromatic carbocycles. The Labute approximate surface area is 572 Å². The van der Waals surface area contributed by atoms with Gasteiger partial charge in [-0.05, 0) is 173 Å². The van der Waals surface area contributed by atoms with Crippen LogP contribution in [-0.2, 0) is 39.7 Å². The molecular weight excluding hydrogens is 1240 g/mol. The Kier molecular flexibility index (Phi) is 20.3. The van der Waals surface area contributed by atoms with Crippen molar-refractivity contribution < 1.29 is 75.0 Å². The molecule has 0 spiro atoms. The van der Waals surface area contributed by atoms with Gasteiger partial charge in [0, 0.05) is 11.8 Å². The molecule has 8 saturated carbocycles. The molecule has 496 valence electrons. The van der Waals surface area contributed by atoms with Crippen molar-refractivity contribution in [3.8, 4) is 0 Å². The van der Waals surface area contributed by atoms with E-state index in [1.54, 1.807) is 0 Å². The first-order valence-corrected chi connectivity index (χ1v) is 39.8. The van der Waals surface area contributed by atoms with Crippen molar-refractivity contribution in [3.63, 3.8) is 0 Å². The van der Waals surface area contributed by atoms with Gasteiger partial charge in [0.25, 0.3) is 0 Å². The molecule has 0 amide bonds. The summed E-state index contributed by atoms with van der Waals surface area (Å²) in [7, 11) is -8.81. The minimum atomic E-state index is -4.41. The van der Waals surface area contributed by atoms with E-state index >= 15 is 0 Å². The predicted molar refractivity (Wildman–Crippen MR) is 332 cm³/mol. The summed E-state index contributed by atoms with van der Waals surface area (Å²) in [6, 6.07) is 0. The first kappa shape index (κ1) is 66.7. The van der Waals surface area contributed by atoms with Gasteiger partial charge in [-0.15, -0.1) is 0 Å². The minimum Gasteiger partial charge on any atom is -0.748 e. The van der Waals surface area contributed by atoms with Gasteiger partial charge in [-0.1, -0.05) is 115 Å². The second-order valence-electron chi connectivity index (χ2n) is 32.3. The maximum absolute atomic E-state index is 12.7. The maximum atomic E-state index is 12.7. The van der Waals surface area contributed by atoms with E-state index in [0.29, 0.717) is 90.0 Å². The first-order valence-electron chi connectivity index (χ1n) is 36.8. The van der Waals surface area contributed by atoms with Crippen LogP contribution in [0.5, 0.6) is 0 Å². The third kappa shape index (κ3) is 12.4. The molecule has 18 fully saturated rings. The second kappa shape index (κ2) is 27.4. The van der Waals surface area contributed by atoms with Crippen molar-refractivity contribution in [2.45, 2.75) is 302 Å². The Morgan fingerprint density at radius 1 is 0.233 bits per heavy atom. The number of nitrogens with one attached hydrogen (secondary N) is 15. The number of nitrogens with zero attached hydrogens (tertiary/aromatic N) is 1. The van der Waals surface area contributed by atoms with Gasteiger partial charge in [-0.2, -0.15) is 0 Å². The molecule has 0 aromatic rings. The fraction of sp³-hybridized carbons (Fsp3) is 1.00. The number of fused-ring (bicyclic) bond motifs is 40. The fourth-order valence-electron chi connectivity index (χ4n) is 24.6. The maximum Gasteiger partial charge on any atom is 2.00 e. The molecule has 26 heteroatoms. The third-order valence-electron chi connectivity index (χ3n) is 28.3. The van der Waals surface area contributed by atoms with Crippen LogP contribution in [0.3, 0.4) is 0 Å². The Morgan fingerprint density at radius 2 is 0.411 bits per heavy atom. The fourth-order valence-corrected chi connectivity index (χ4v) is 27.0. The van der Waals surface area contributed by atoms with Gasteiger partial charge >= 0.3 is 49.0 Å². The molecule has 8 aliphatic carbocycles. The summed E-state index contributed by atoms with van der Waals surface area (Å²) >= 11 is 0. The second-order valence-corrected chi connectivity index (χ2v) is 35.5. The van der Waals surface area contributed by atoms with Gasteiger partial charge in [0.1, 0.15) is 0 Å². The number of rotatable bonds is 2. The van der Waals surface area contributed by atoms with E-state index in [2.05, 4.69) is 79.8 Å². The zero-order valence-electron chi connectivity index (χ0n) is 53.8. The van der Waals surface area contributed by atoms with E-state index in [4.69, 9.17) is 5.32 Å². The van der Waals surface area contributed by atoms with Crippen LogP contribution in [0.4, 0.5) is 0 Å². The van der Waals surface area contributed by atoms with Gasteiger partial charge in [0.05, 0.1) is 117 Å². The molecule has 10 saturated heterocycles. The average molecular weight is 1350 g/mol. The summed E-state index contributed by atoms with van der Waals surface area (Å²) in [4.78, 5) is 0. The zero-order valence-corrected chi connectivity index (χ0v) is 60.4. The van der Waals surface area contributed by atoms with Crippen LogP contribution in [0.25, 0.3) is 5.32 Å². The SMILES string of the molecule is O=S(=O)([O-])C1CCCC2C3NC4NC(NC5NC(NC6NC(NC(N3)C21)C1CCCCC61)C1CCCCC51)C1CCCCC41.O=S(=O)([O-])C1CCCC2C3NC4NC(NC5[N-]C(NC6NC(NC(N3)C21)C1CCCCC61)C1CCCCC51)C1CCCCC41.[Na+].[Zn+2]. The van der Waals surface area contributed by atoms with Crippen LogP contribution in [0, 0.1) is 94.7 Å². The van der Waals surface area contributed by atoms with Crippen molar-refractivity contribution in [3.05, 3.63) is 5.32 Å². The van der Waals surface area contributed by atoms with Gasteiger partial charge < -0.3 is 25.1 Å². The summed E-state index contributed by atoms with van der Waals surface area (Å²) in [5.74, 6) is 6.48. The summed E-state index contributed by atoms with van der Waals surface area (Å²) in [6.07, 6.45) is 36.4. The molecule has 10 heterocycles. The van der Waals surface area contributed by atoms with E-state index < -0.39 is 30.7 Å². The molecule has 15 N–H and O–H groups in total. The zero-order chi connectivity index (χ0) is 59.2. The summed E-state index contributed by atoms with van der Waals surface area (Å²) in [6.45, 7) is 0. The molecule has 34 atom stereocenters. The standard InChI is InChI=1S/C32H56N8O3S.C32H55N8O3S.Na.Zn/c2*41-44(42,43)23-15-7-14-22-24(23)32-39-30-21-13-6-5-12-20(21)28(37-30)35-26-17-9-2-1-8-16(17)25(33-26)34-27-18-10-3-4-11-19(18)29(36-27)38-31(22)40-32;;/h16-40H,1-15H2,(H,41,42,43);16-32,34-40H,1-15H2,(H,41,42,43);;/q;-1;+1;+2/p-2. The smallest absolute Gasteiger partial charge is 0.748 e. The molecule has 18 aliphatic rings. The Morgan fingerprint density at radius 3 is 0.633 bits per heavy atom. The van der Waals surface area contributed by atoms with Crippen molar-refractivity contribution >= 4 is 20.2 Å². The average Bonchev–Trinajstić information content (AvgIpc) is 1.61. The van der Waals surface area contributed by atoms with Gasteiger partial charge in [0.2, 0.25) is 0 Å². The molecule has 18 rings (SSSR count). The Bertz CT molecular complexity index is 2550. The molecule has 34 unspecified atom stereocenters. The van der Waals surface area contributed by atoms with E-state index in [1.165, 1.54) is 154 Å². The Hall–Kier alpha value is 0.803. The molecule has 22 nitrogen and oxygen atoms in total. The van der Waals surface area contributed by atoms with Crippen molar-refractivity contribution in [2.75, 3.05) is 0 Å². The largest absolute Gasteiger partial charge is 2.00 e. The predicted octanol–water partition coefficient (Wildman–Crippen LogP) is 0.0442. The summed E-state index contributed by atoms with van der Waals surface area (Å²) < 4.78 is 76.2. The molecule has 90 heavy (non-hydrogen) atoms. The quantitative estimate of drug-likeness (QED) is 0.128. The Balaban J connectivity index is 0.000000147. The monoisotopic (exact) mass is 1350 g/mol. The van der Waals surface area contributed by atoms with E-state index in [0.717, 1.165) is 25.7 Å². The number of hydrogen-bond donors (Lipinski definition) is 15. The van der Waals surface area contributed by atoms with Crippen LogP contribution < -0.4 is 109 Å². The van der Waals surface area contributed by atoms with Crippen molar-refractivity contribution in [2.24, 2.45) is 94.7 Å². The van der Waals surface area contributed by atoms with E-state index in [1.807, 2.05) is 0 Å². The van der Waals surface area contributed by atoms with Crippen molar-refractivity contribution in [1.82, 2.24) is 79.8 Å². The van der Waals surface area contributed by atoms with Crippen LogP contribution in [0.2, 0.25) is 0 Å². The van der Waals surface area contributed by atoms with E-state index in [9.17, 15) is 25.9 Å². The normalized spacial score (nSPS) is 54.3. The van der Waals surface area contributed by atoms with Crippen LogP contribution >= 0.6 is 0 Å². The number of hydrogen-bond acceptors (Lipinski definition) is 21. The molecule has 10 aliphatic heterocycles. The first-order chi connectivity index (χ1) is 42.8. The van der Waals surface area contributed by atoms with Gasteiger partial charge in [-0.3, -0.25) is 69.1 Å². The molecular formula is C64H109N16NaO6S2Zn. The van der Waals surface area contributed by atoms with Crippen LogP contribution in [0.1, 0.15) is 193 Å². The summed E-state index contributed by atoms with van der Waals surface area (Å²) in [5, 5.41) is 64.3. The third-order valence-corrected chi connectivity index (χ3v) is 30.9. The van der Waals surface area contributed by atoms with Crippen molar-refractivity contribution in [1.29, 1.82) is 0 Å². The molecule has 0 aromatic heterocycles. The minimum absolute atomic E-state index is 0. The van der Waals surface area contributed by atoms with Gasteiger partial charge in [0.15, 0.2) is 0 Å². The van der Waals surface area contributed by atoms with E-state index in [-0.39, 0.29) is 165 Å². The van der Waals surface area contributed by atoms with Crippen LogP contribution in [0.15, 0.2) is 0 Å². The van der Waals surface area contributed by atoms with Crippen LogP contribution in [-0.4, -0.2) is 135 Å². The molecule has 0 radical (unpaired) electrons. The topological polar surface area (TPSA) is 309 Å². The summed E-state index contributed by atoms with van der Waals surface area (Å²) in [5.41, 5.74) is 0.